The zero-order valence-corrected chi connectivity index (χ0v) is 27.3. The molecule has 1 heterocycles. The first-order valence-corrected chi connectivity index (χ1v) is 16.4. The van der Waals surface area contributed by atoms with Crippen LogP contribution in [0.15, 0.2) is 97.1 Å². The molecule has 1 atom stereocenters. The number of H-pyrrole nitrogens is 1. The predicted molar refractivity (Wildman–Crippen MR) is 183 cm³/mol. The van der Waals surface area contributed by atoms with E-state index in [0.29, 0.717) is 28.3 Å². The Kier molecular flexibility index (Phi) is 10.4. The Bertz CT molecular complexity index is 1890. The van der Waals surface area contributed by atoms with Crippen LogP contribution in [-0.2, 0) is 6.54 Å². The van der Waals surface area contributed by atoms with Crippen molar-refractivity contribution in [2.24, 2.45) is 0 Å². The number of amides is 3. The fraction of sp³-hybridized carbons (Fsp3) is 0.270. The van der Waals surface area contributed by atoms with Gasteiger partial charge < -0.3 is 10.1 Å². The largest absolute Gasteiger partial charge is 0.573 e. The third-order valence-electron chi connectivity index (χ3n) is 8.80. The van der Waals surface area contributed by atoms with Gasteiger partial charge in [0, 0.05) is 11.3 Å². The molecule has 1 fully saturated rings. The van der Waals surface area contributed by atoms with Gasteiger partial charge in [-0.1, -0.05) is 85.0 Å². The van der Waals surface area contributed by atoms with E-state index in [-0.39, 0.29) is 24.3 Å². The first-order valence-electron chi connectivity index (χ1n) is 16.4. The van der Waals surface area contributed by atoms with Gasteiger partial charge in [-0.2, -0.15) is 5.21 Å². The summed E-state index contributed by atoms with van der Waals surface area (Å²) in [4.78, 5) is 28.4. The highest BCUT2D eigenvalue weighted by Crippen LogP contribution is 2.35. The van der Waals surface area contributed by atoms with E-state index in [2.05, 4.69) is 48.1 Å². The normalized spacial score (nSPS) is 14.1. The summed E-state index contributed by atoms with van der Waals surface area (Å²) >= 11 is 0. The summed E-state index contributed by atoms with van der Waals surface area (Å²) in [6, 6.07) is 27.1. The van der Waals surface area contributed by atoms with Gasteiger partial charge in [-0.15, -0.1) is 18.3 Å². The van der Waals surface area contributed by atoms with Crippen LogP contribution in [0.2, 0.25) is 0 Å². The molecular weight excluding hydrogens is 647 g/mol. The maximum atomic E-state index is 14.1. The lowest BCUT2D eigenvalue weighted by Crippen LogP contribution is -2.41. The lowest BCUT2D eigenvalue weighted by Gasteiger charge is -2.28. The molecule has 0 radical (unpaired) electrons. The minimum atomic E-state index is -4.82. The molecule has 1 saturated carbocycles. The number of aromatic nitrogens is 4. The van der Waals surface area contributed by atoms with Crippen LogP contribution in [0, 0.1) is 0 Å². The molecule has 3 N–H and O–H groups in total. The second-order valence-corrected chi connectivity index (χ2v) is 12.2. The highest BCUT2D eigenvalue weighted by Gasteiger charge is 2.31. The quantitative estimate of drug-likeness (QED) is 0.136. The van der Waals surface area contributed by atoms with E-state index < -0.39 is 18.3 Å². The average molecular weight is 684 g/mol. The van der Waals surface area contributed by atoms with E-state index in [1.807, 2.05) is 31.2 Å². The summed E-state index contributed by atoms with van der Waals surface area (Å²) in [7, 11) is 0. The molecule has 0 aliphatic heterocycles. The number of alkyl halides is 3. The Morgan fingerprint density at radius 2 is 1.68 bits per heavy atom. The first-order chi connectivity index (χ1) is 24.1. The highest BCUT2D eigenvalue weighted by molar-refractivity contribution is 6.03. The number of rotatable bonds is 10. The van der Waals surface area contributed by atoms with Crippen molar-refractivity contribution >= 4 is 23.6 Å². The molecule has 0 bridgehead atoms. The lowest BCUT2D eigenvalue weighted by molar-refractivity contribution is -0.274. The van der Waals surface area contributed by atoms with Gasteiger partial charge in [0.05, 0.1) is 12.6 Å². The van der Waals surface area contributed by atoms with E-state index in [9.17, 15) is 22.8 Å². The Hall–Kier alpha value is -5.72. The molecule has 13 heteroatoms. The maximum Gasteiger partial charge on any atom is 0.573 e. The number of hydrogen-bond acceptors (Lipinski definition) is 6. The van der Waals surface area contributed by atoms with Crippen molar-refractivity contribution < 1.29 is 27.5 Å². The number of tetrazole rings is 1. The molecule has 0 saturated heterocycles. The number of carbonyl (C=O) groups is 2. The summed E-state index contributed by atoms with van der Waals surface area (Å²) in [6.07, 6.45) is 1.16. The second kappa shape index (κ2) is 15.2. The summed E-state index contributed by atoms with van der Waals surface area (Å²) in [5.41, 5.74) is 4.99. The smallest absolute Gasteiger partial charge is 0.406 e. The van der Waals surface area contributed by atoms with Gasteiger partial charge in [0.2, 0.25) is 0 Å². The first kappa shape index (κ1) is 34.2. The molecule has 1 aliphatic carbocycles. The van der Waals surface area contributed by atoms with Crippen molar-refractivity contribution in [3.05, 3.63) is 119 Å². The number of anilines is 2. The van der Waals surface area contributed by atoms with Gasteiger partial charge in [-0.05, 0) is 95.1 Å². The maximum absolute atomic E-state index is 14.1. The molecule has 258 valence electrons. The molecule has 1 aromatic heterocycles. The summed E-state index contributed by atoms with van der Waals surface area (Å²) < 4.78 is 43.0. The Morgan fingerprint density at radius 1 is 0.940 bits per heavy atom. The molecule has 10 nitrogen and oxygen atoms in total. The number of aromatic amines is 1. The van der Waals surface area contributed by atoms with E-state index in [4.69, 9.17) is 0 Å². The fourth-order valence-corrected chi connectivity index (χ4v) is 6.31. The molecule has 6 rings (SSSR count). The van der Waals surface area contributed by atoms with Gasteiger partial charge in [-0.25, -0.2) is 4.79 Å². The van der Waals surface area contributed by atoms with Crippen LogP contribution >= 0.6 is 0 Å². The molecule has 5 aromatic rings. The minimum absolute atomic E-state index is 0.0524. The van der Waals surface area contributed by atoms with Crippen LogP contribution in [0.5, 0.6) is 5.75 Å². The number of ether oxygens (including phenoxy) is 1. The van der Waals surface area contributed by atoms with E-state index in [1.54, 1.807) is 47.4 Å². The van der Waals surface area contributed by atoms with Gasteiger partial charge in [0.15, 0.2) is 0 Å². The molecule has 50 heavy (non-hydrogen) atoms. The summed E-state index contributed by atoms with van der Waals surface area (Å²) in [6.45, 7) is 2.03. The van der Waals surface area contributed by atoms with Crippen LogP contribution < -0.4 is 20.3 Å². The Morgan fingerprint density at radius 3 is 2.38 bits per heavy atom. The van der Waals surface area contributed by atoms with Crippen molar-refractivity contribution in [3.63, 3.8) is 0 Å². The number of carbonyl (C=O) groups excluding carboxylic acids is 2. The number of urea groups is 1. The molecule has 3 amide bonds. The van der Waals surface area contributed by atoms with Crippen molar-refractivity contribution in [3.8, 4) is 16.9 Å². The SMILES string of the molecule is CC(NC(=O)N(Cc1ccc(C(=O)Nc2nn[nH]n2)cc1)c1ccc(C2CCCCC2)cc1)c1ccccc1-c1cccc(OC(F)(F)F)c1. The fourth-order valence-electron chi connectivity index (χ4n) is 6.31. The van der Waals surface area contributed by atoms with E-state index in [1.165, 1.54) is 43.0 Å². The van der Waals surface area contributed by atoms with Crippen molar-refractivity contribution in [2.45, 2.75) is 63.9 Å². The predicted octanol–water partition coefficient (Wildman–Crippen LogP) is 8.54. The lowest BCUT2D eigenvalue weighted by atomic mass is 9.84. The number of nitrogens with zero attached hydrogens (tertiary/aromatic N) is 4. The monoisotopic (exact) mass is 683 g/mol. The van der Waals surface area contributed by atoms with Crippen LogP contribution in [0.4, 0.5) is 29.6 Å². The topological polar surface area (TPSA) is 125 Å². The third kappa shape index (κ3) is 8.65. The molecule has 4 aromatic carbocycles. The van der Waals surface area contributed by atoms with Crippen molar-refractivity contribution in [2.75, 3.05) is 10.2 Å². The van der Waals surface area contributed by atoms with Gasteiger partial charge in [0.1, 0.15) is 5.75 Å². The summed E-state index contributed by atoms with van der Waals surface area (Å²) in [5, 5.41) is 18.8. The molecule has 0 spiro atoms. The van der Waals surface area contributed by atoms with E-state index >= 15 is 0 Å². The van der Waals surface area contributed by atoms with Crippen LogP contribution in [-0.4, -0.2) is 38.9 Å². The van der Waals surface area contributed by atoms with Gasteiger partial charge in [0.25, 0.3) is 11.9 Å². The number of hydrogen-bond donors (Lipinski definition) is 3. The average Bonchev–Trinajstić information content (AvgIpc) is 3.64. The van der Waals surface area contributed by atoms with Crippen LogP contribution in [0.3, 0.4) is 0 Å². The van der Waals surface area contributed by atoms with Gasteiger partial charge in [-0.3, -0.25) is 15.0 Å². The zero-order chi connectivity index (χ0) is 35.1. The molecular formula is C37H36F3N7O3. The molecule has 1 aliphatic rings. The van der Waals surface area contributed by atoms with E-state index in [0.717, 1.165) is 24.0 Å². The number of halogens is 3. The Labute approximate surface area is 287 Å². The Balaban J connectivity index is 1.24. The number of benzene rings is 4. The standard InChI is InChI=1S/C37H36F3N7O3/c1-24(32-12-5-6-13-33(32)29-10-7-11-31(22-29)50-37(38,39)40)41-36(49)47(30-20-18-27(19-21-30)26-8-3-2-4-9-26)23-25-14-16-28(17-15-25)34(48)42-35-43-45-46-44-35/h5-7,10-22,24,26H,2-4,8-9,23H2,1H3,(H,41,49)(H2,42,43,44,45,46,48). The molecule has 1 unspecified atom stereocenters. The van der Waals surface area contributed by atoms with Crippen molar-refractivity contribution in [1.82, 2.24) is 25.9 Å². The second-order valence-electron chi connectivity index (χ2n) is 12.2. The van der Waals surface area contributed by atoms with Gasteiger partial charge >= 0.3 is 12.4 Å². The van der Waals surface area contributed by atoms with Crippen LogP contribution in [0.25, 0.3) is 11.1 Å². The number of nitrogens with one attached hydrogen (secondary N) is 3. The minimum Gasteiger partial charge on any atom is -0.406 e. The highest BCUT2D eigenvalue weighted by atomic mass is 19.4. The summed E-state index contributed by atoms with van der Waals surface area (Å²) in [5.74, 6) is -0.184. The zero-order valence-electron chi connectivity index (χ0n) is 27.3. The third-order valence-corrected chi connectivity index (χ3v) is 8.80. The van der Waals surface area contributed by atoms with Crippen LogP contribution in [0.1, 0.15) is 78.0 Å². The van der Waals surface area contributed by atoms with Crippen molar-refractivity contribution in [1.29, 1.82) is 0 Å².